The van der Waals surface area contributed by atoms with Crippen LogP contribution in [0.25, 0.3) is 5.52 Å². The van der Waals surface area contributed by atoms with E-state index in [4.69, 9.17) is 4.84 Å². The molecule has 1 aromatic carbocycles. The number of hydroxylamine groups is 2. The maximum Gasteiger partial charge on any atom is 0.354 e. The standard InChI is InChI=1S/C15H9N5O5/c21-12(7-18-15(24)11-5-6-16-19(11)8-17-18)25-20-13(22)9-3-1-2-4-10(9)14(20)23/h1-6,8H,7H2. The van der Waals surface area contributed by atoms with Gasteiger partial charge >= 0.3 is 5.97 Å². The molecule has 0 bridgehead atoms. The molecule has 0 atom stereocenters. The van der Waals surface area contributed by atoms with Crippen LogP contribution in [0.2, 0.25) is 0 Å². The first kappa shape index (κ1) is 14.8. The van der Waals surface area contributed by atoms with Crippen molar-refractivity contribution < 1.29 is 19.2 Å². The van der Waals surface area contributed by atoms with E-state index in [2.05, 4.69) is 10.2 Å². The number of carbonyl (C=O) groups excluding carboxylic acids is 3. The maximum atomic E-state index is 12.2. The number of nitrogens with zero attached hydrogens (tertiary/aromatic N) is 5. The highest BCUT2D eigenvalue weighted by Gasteiger charge is 2.38. The number of fused-ring (bicyclic) bond motifs is 2. The summed E-state index contributed by atoms with van der Waals surface area (Å²) in [6, 6.07) is 7.58. The largest absolute Gasteiger partial charge is 0.354 e. The Labute approximate surface area is 138 Å². The highest BCUT2D eigenvalue weighted by atomic mass is 16.7. The second-order valence-electron chi connectivity index (χ2n) is 5.17. The molecule has 2 aromatic heterocycles. The summed E-state index contributed by atoms with van der Waals surface area (Å²) in [4.78, 5) is 53.3. The SMILES string of the molecule is O=C(Cn1ncn2nccc2c1=O)ON1C(=O)c2ccccc2C1=O. The molecule has 10 heteroatoms. The fraction of sp³-hybridized carbons (Fsp3) is 0.0667. The molecule has 0 radical (unpaired) electrons. The Bertz CT molecular complexity index is 1060. The van der Waals surface area contributed by atoms with Crippen LogP contribution in [0.15, 0.2) is 47.7 Å². The number of amides is 2. The van der Waals surface area contributed by atoms with Crippen LogP contribution in [0, 0.1) is 0 Å². The molecule has 124 valence electrons. The first-order valence-corrected chi connectivity index (χ1v) is 7.14. The van der Waals surface area contributed by atoms with Gasteiger partial charge < -0.3 is 4.84 Å². The third-order valence-electron chi connectivity index (χ3n) is 3.65. The molecule has 1 aliphatic heterocycles. The second-order valence-corrected chi connectivity index (χ2v) is 5.17. The lowest BCUT2D eigenvalue weighted by Crippen LogP contribution is -2.36. The fourth-order valence-electron chi connectivity index (χ4n) is 2.49. The van der Waals surface area contributed by atoms with Gasteiger partial charge in [0.15, 0.2) is 0 Å². The van der Waals surface area contributed by atoms with Crippen molar-refractivity contribution in [1.82, 2.24) is 24.5 Å². The van der Waals surface area contributed by atoms with Gasteiger partial charge in [0.25, 0.3) is 17.4 Å². The molecule has 0 saturated heterocycles. The number of carbonyl (C=O) groups is 3. The van der Waals surface area contributed by atoms with E-state index in [0.717, 1.165) is 4.68 Å². The number of aromatic nitrogens is 4. The minimum absolute atomic E-state index is 0.149. The van der Waals surface area contributed by atoms with E-state index in [1.54, 1.807) is 12.1 Å². The summed E-state index contributed by atoms with van der Waals surface area (Å²) < 4.78 is 2.12. The van der Waals surface area contributed by atoms with Crippen molar-refractivity contribution in [1.29, 1.82) is 0 Å². The Hall–Kier alpha value is -3.82. The topological polar surface area (TPSA) is 116 Å². The number of benzene rings is 1. The number of rotatable bonds is 3. The Balaban J connectivity index is 1.55. The minimum Gasteiger partial charge on any atom is -0.328 e. The third kappa shape index (κ3) is 2.27. The quantitative estimate of drug-likeness (QED) is 0.599. The summed E-state index contributed by atoms with van der Waals surface area (Å²) in [7, 11) is 0. The van der Waals surface area contributed by atoms with Crippen molar-refractivity contribution in [3.63, 3.8) is 0 Å². The van der Waals surface area contributed by atoms with E-state index in [9.17, 15) is 19.2 Å². The van der Waals surface area contributed by atoms with E-state index >= 15 is 0 Å². The summed E-state index contributed by atoms with van der Waals surface area (Å²) >= 11 is 0. The van der Waals surface area contributed by atoms with Crippen molar-refractivity contribution in [3.05, 3.63) is 64.3 Å². The molecule has 0 fully saturated rings. The second kappa shape index (κ2) is 5.37. The molecule has 4 rings (SSSR count). The lowest BCUT2D eigenvalue weighted by Gasteiger charge is -2.12. The van der Waals surface area contributed by atoms with Crippen LogP contribution in [0.5, 0.6) is 0 Å². The Morgan fingerprint density at radius 3 is 2.36 bits per heavy atom. The zero-order valence-electron chi connectivity index (χ0n) is 12.5. The molecule has 0 spiro atoms. The van der Waals surface area contributed by atoms with E-state index in [-0.39, 0.29) is 16.6 Å². The number of hydrogen-bond acceptors (Lipinski definition) is 7. The van der Waals surface area contributed by atoms with Gasteiger partial charge in [-0.25, -0.2) is 14.0 Å². The van der Waals surface area contributed by atoms with Gasteiger partial charge in [0.2, 0.25) is 0 Å². The van der Waals surface area contributed by atoms with Crippen LogP contribution in [-0.2, 0) is 16.2 Å². The van der Waals surface area contributed by atoms with Crippen molar-refractivity contribution in [2.24, 2.45) is 0 Å². The van der Waals surface area contributed by atoms with Crippen LogP contribution in [0.4, 0.5) is 0 Å². The average Bonchev–Trinajstić information content (AvgIpc) is 3.18. The summed E-state index contributed by atoms with van der Waals surface area (Å²) in [5.74, 6) is -2.45. The van der Waals surface area contributed by atoms with Crippen LogP contribution in [0.1, 0.15) is 20.7 Å². The molecular formula is C15H9N5O5. The predicted molar refractivity (Wildman–Crippen MR) is 80.3 cm³/mol. The molecule has 1 aliphatic rings. The van der Waals surface area contributed by atoms with E-state index in [0.29, 0.717) is 5.06 Å². The van der Waals surface area contributed by atoms with Crippen LogP contribution < -0.4 is 5.56 Å². The minimum atomic E-state index is -0.979. The lowest BCUT2D eigenvalue weighted by molar-refractivity contribution is -0.169. The maximum absolute atomic E-state index is 12.2. The van der Waals surface area contributed by atoms with Crippen molar-refractivity contribution in [2.75, 3.05) is 0 Å². The van der Waals surface area contributed by atoms with Crippen molar-refractivity contribution in [2.45, 2.75) is 6.54 Å². The van der Waals surface area contributed by atoms with E-state index < -0.39 is 29.9 Å². The summed E-state index contributed by atoms with van der Waals surface area (Å²) in [6.45, 7) is -0.562. The first-order valence-electron chi connectivity index (χ1n) is 7.14. The molecule has 3 heterocycles. The Morgan fingerprint density at radius 1 is 1.00 bits per heavy atom. The third-order valence-corrected chi connectivity index (χ3v) is 3.65. The lowest BCUT2D eigenvalue weighted by atomic mass is 10.1. The van der Waals surface area contributed by atoms with Crippen molar-refractivity contribution >= 4 is 23.3 Å². The fourth-order valence-corrected chi connectivity index (χ4v) is 2.49. The molecular weight excluding hydrogens is 330 g/mol. The normalized spacial score (nSPS) is 13.4. The first-order chi connectivity index (χ1) is 12.1. The Morgan fingerprint density at radius 2 is 1.68 bits per heavy atom. The zero-order chi connectivity index (χ0) is 17.6. The molecule has 2 amide bonds. The number of hydrogen-bond donors (Lipinski definition) is 0. The zero-order valence-corrected chi connectivity index (χ0v) is 12.5. The average molecular weight is 339 g/mol. The Kier molecular flexibility index (Phi) is 3.17. The molecule has 25 heavy (non-hydrogen) atoms. The van der Waals surface area contributed by atoms with E-state index in [1.807, 2.05) is 0 Å². The van der Waals surface area contributed by atoms with Crippen LogP contribution in [-0.4, -0.2) is 42.2 Å². The predicted octanol–water partition coefficient (Wildman–Crippen LogP) is -0.355. The summed E-state index contributed by atoms with van der Waals surface area (Å²) in [5.41, 5.74) is -0.0321. The van der Waals surface area contributed by atoms with Gasteiger partial charge in [-0.15, -0.1) is 0 Å². The number of imide groups is 1. The van der Waals surface area contributed by atoms with Gasteiger partial charge in [-0.2, -0.15) is 10.2 Å². The van der Waals surface area contributed by atoms with Gasteiger partial charge in [-0.3, -0.25) is 14.4 Å². The molecule has 0 N–H and O–H groups in total. The molecule has 3 aromatic rings. The molecule has 10 nitrogen and oxygen atoms in total. The summed E-state index contributed by atoms with van der Waals surface area (Å²) in [6.07, 6.45) is 2.67. The smallest absolute Gasteiger partial charge is 0.328 e. The highest BCUT2D eigenvalue weighted by molar-refractivity contribution is 6.20. The van der Waals surface area contributed by atoms with Gasteiger partial charge in [-0.1, -0.05) is 17.2 Å². The summed E-state index contributed by atoms with van der Waals surface area (Å²) in [5, 5.41) is 8.02. The van der Waals surface area contributed by atoms with Crippen molar-refractivity contribution in [3.8, 4) is 0 Å². The monoisotopic (exact) mass is 339 g/mol. The van der Waals surface area contributed by atoms with Gasteiger partial charge in [0.1, 0.15) is 18.4 Å². The van der Waals surface area contributed by atoms with E-state index in [1.165, 1.54) is 35.2 Å². The molecule has 0 aliphatic carbocycles. The van der Waals surface area contributed by atoms with Gasteiger partial charge in [-0.05, 0) is 18.2 Å². The molecule has 0 saturated carbocycles. The molecule has 0 unspecified atom stereocenters. The van der Waals surface area contributed by atoms with Gasteiger partial charge in [0.05, 0.1) is 17.3 Å². The van der Waals surface area contributed by atoms with Crippen LogP contribution >= 0.6 is 0 Å². The van der Waals surface area contributed by atoms with Crippen LogP contribution in [0.3, 0.4) is 0 Å². The van der Waals surface area contributed by atoms with Gasteiger partial charge in [0, 0.05) is 0 Å². The highest BCUT2D eigenvalue weighted by Crippen LogP contribution is 2.22.